The van der Waals surface area contributed by atoms with Crippen LogP contribution in [-0.4, -0.2) is 12.6 Å². The molecule has 1 amide bonds. The van der Waals surface area contributed by atoms with Gasteiger partial charge in [-0.25, -0.2) is 0 Å². The first kappa shape index (κ1) is 14.1. The number of rotatable bonds is 5. The summed E-state index contributed by atoms with van der Waals surface area (Å²) < 4.78 is 5.47. The molecule has 19 heavy (non-hydrogen) atoms. The zero-order chi connectivity index (χ0) is 14.1. The number of ether oxygens (including phenoxy) is 1. The summed E-state index contributed by atoms with van der Waals surface area (Å²) in [5.41, 5.74) is 1.27. The lowest BCUT2D eigenvalue weighted by Crippen LogP contribution is -2.29. The lowest BCUT2D eigenvalue weighted by atomic mass is 10.0. The maximum atomic E-state index is 12.1. The molecule has 0 heterocycles. The Kier molecular flexibility index (Phi) is 3.68. The molecule has 0 bridgehead atoms. The minimum absolute atomic E-state index is 0.0799. The standard InChI is InChI=1S/C16H23NO2/c1-15(2)13(16(15,3)4)14(18)17-11-19-10-12-8-6-5-7-9-12/h5-9,13H,10-11H2,1-4H3,(H,17,18). The van der Waals surface area contributed by atoms with Crippen molar-refractivity contribution in [1.29, 1.82) is 0 Å². The molecule has 3 heteroatoms. The number of hydrogen-bond acceptors (Lipinski definition) is 2. The highest BCUT2D eigenvalue weighted by Crippen LogP contribution is 2.68. The summed E-state index contributed by atoms with van der Waals surface area (Å²) in [4.78, 5) is 12.1. The van der Waals surface area contributed by atoms with Gasteiger partial charge in [0.25, 0.3) is 0 Å². The Bertz CT molecular complexity index is 437. The van der Waals surface area contributed by atoms with Crippen LogP contribution in [0.4, 0.5) is 0 Å². The minimum Gasteiger partial charge on any atom is -0.357 e. The van der Waals surface area contributed by atoms with E-state index in [9.17, 15) is 4.79 Å². The number of amides is 1. The molecule has 0 unspecified atom stereocenters. The van der Waals surface area contributed by atoms with Crippen LogP contribution in [0.25, 0.3) is 0 Å². The first-order chi connectivity index (χ1) is 8.87. The summed E-state index contributed by atoms with van der Waals surface area (Å²) in [6, 6.07) is 9.95. The maximum absolute atomic E-state index is 12.1. The molecule has 1 N–H and O–H groups in total. The van der Waals surface area contributed by atoms with Gasteiger partial charge in [0.15, 0.2) is 0 Å². The van der Waals surface area contributed by atoms with E-state index in [1.807, 2.05) is 30.3 Å². The second kappa shape index (κ2) is 4.97. The normalized spacial score (nSPS) is 20.0. The second-order valence-electron chi connectivity index (χ2n) is 6.40. The van der Waals surface area contributed by atoms with Crippen molar-refractivity contribution in [3.05, 3.63) is 35.9 Å². The molecule has 0 atom stereocenters. The Hall–Kier alpha value is -1.35. The van der Waals surface area contributed by atoms with Crippen LogP contribution in [0.2, 0.25) is 0 Å². The van der Waals surface area contributed by atoms with Gasteiger partial charge < -0.3 is 10.1 Å². The van der Waals surface area contributed by atoms with E-state index in [0.29, 0.717) is 6.61 Å². The Labute approximate surface area is 115 Å². The Balaban J connectivity index is 1.71. The first-order valence-corrected chi connectivity index (χ1v) is 6.77. The average molecular weight is 261 g/mol. The highest BCUT2D eigenvalue weighted by atomic mass is 16.5. The van der Waals surface area contributed by atoms with Gasteiger partial charge in [-0.2, -0.15) is 0 Å². The van der Waals surface area contributed by atoms with Crippen LogP contribution in [0.5, 0.6) is 0 Å². The fraction of sp³-hybridized carbons (Fsp3) is 0.562. The summed E-state index contributed by atoms with van der Waals surface area (Å²) in [5.74, 6) is 0.184. The van der Waals surface area contributed by atoms with Gasteiger partial charge in [-0.3, -0.25) is 4.79 Å². The van der Waals surface area contributed by atoms with Crippen LogP contribution >= 0.6 is 0 Å². The molecular formula is C16H23NO2. The summed E-state index contributed by atoms with van der Waals surface area (Å²) in [7, 11) is 0. The van der Waals surface area contributed by atoms with E-state index >= 15 is 0 Å². The SMILES string of the molecule is CC1(C)C(C(=O)NCOCc2ccccc2)C1(C)C. The van der Waals surface area contributed by atoms with Gasteiger partial charge >= 0.3 is 0 Å². The molecule has 1 aliphatic carbocycles. The largest absolute Gasteiger partial charge is 0.357 e. The minimum atomic E-state index is 0.0799. The Morgan fingerprint density at radius 3 is 2.26 bits per heavy atom. The quantitative estimate of drug-likeness (QED) is 0.653. The van der Waals surface area contributed by atoms with Crippen LogP contribution in [0.15, 0.2) is 30.3 Å². The molecular weight excluding hydrogens is 238 g/mol. The third kappa shape index (κ3) is 2.66. The molecule has 0 saturated heterocycles. The van der Waals surface area contributed by atoms with Crippen LogP contribution in [0.1, 0.15) is 33.3 Å². The van der Waals surface area contributed by atoms with Gasteiger partial charge in [-0.15, -0.1) is 0 Å². The summed E-state index contributed by atoms with van der Waals surface area (Å²) >= 11 is 0. The van der Waals surface area contributed by atoms with Crippen LogP contribution in [0, 0.1) is 16.7 Å². The molecule has 2 rings (SSSR count). The molecule has 0 radical (unpaired) electrons. The Morgan fingerprint density at radius 1 is 1.16 bits per heavy atom. The highest BCUT2D eigenvalue weighted by Gasteiger charge is 2.68. The highest BCUT2D eigenvalue weighted by molar-refractivity contribution is 5.83. The van der Waals surface area contributed by atoms with Crippen molar-refractivity contribution in [3.63, 3.8) is 0 Å². The topological polar surface area (TPSA) is 38.3 Å². The maximum Gasteiger partial charge on any atom is 0.226 e. The van der Waals surface area contributed by atoms with E-state index < -0.39 is 0 Å². The molecule has 104 valence electrons. The molecule has 1 saturated carbocycles. The van der Waals surface area contributed by atoms with Crippen molar-refractivity contribution in [2.24, 2.45) is 16.7 Å². The van der Waals surface area contributed by atoms with Gasteiger partial charge in [0.2, 0.25) is 5.91 Å². The van der Waals surface area contributed by atoms with Gasteiger partial charge in [-0.05, 0) is 16.4 Å². The average Bonchev–Trinajstić information content (AvgIpc) is 2.76. The molecule has 0 spiro atoms. The number of hydrogen-bond donors (Lipinski definition) is 1. The summed E-state index contributed by atoms with van der Waals surface area (Å²) in [5, 5.41) is 2.86. The van der Waals surface area contributed by atoms with Gasteiger partial charge in [0.1, 0.15) is 6.73 Å². The third-order valence-electron chi connectivity index (χ3n) is 4.74. The van der Waals surface area contributed by atoms with E-state index in [-0.39, 0.29) is 29.4 Å². The van der Waals surface area contributed by atoms with Gasteiger partial charge in [-0.1, -0.05) is 58.0 Å². The van der Waals surface area contributed by atoms with Gasteiger partial charge in [0, 0.05) is 5.92 Å². The van der Waals surface area contributed by atoms with E-state index in [1.165, 1.54) is 0 Å². The van der Waals surface area contributed by atoms with Crippen LogP contribution in [-0.2, 0) is 16.1 Å². The molecule has 1 aromatic carbocycles. The lowest BCUT2D eigenvalue weighted by molar-refractivity contribution is -0.125. The summed E-state index contributed by atoms with van der Waals surface area (Å²) in [6.45, 7) is 9.36. The monoisotopic (exact) mass is 261 g/mol. The van der Waals surface area contributed by atoms with E-state index in [1.54, 1.807) is 0 Å². The van der Waals surface area contributed by atoms with Gasteiger partial charge in [0.05, 0.1) is 6.61 Å². The molecule has 1 fully saturated rings. The van der Waals surface area contributed by atoms with E-state index in [4.69, 9.17) is 4.74 Å². The number of benzene rings is 1. The number of carbonyl (C=O) groups excluding carboxylic acids is 1. The first-order valence-electron chi connectivity index (χ1n) is 6.77. The molecule has 0 aliphatic heterocycles. The molecule has 3 nitrogen and oxygen atoms in total. The van der Waals surface area contributed by atoms with Crippen LogP contribution in [0.3, 0.4) is 0 Å². The lowest BCUT2D eigenvalue weighted by Gasteiger charge is -2.07. The second-order valence-corrected chi connectivity index (χ2v) is 6.40. The zero-order valence-corrected chi connectivity index (χ0v) is 12.2. The van der Waals surface area contributed by atoms with E-state index in [2.05, 4.69) is 33.0 Å². The van der Waals surface area contributed by atoms with Crippen molar-refractivity contribution >= 4 is 5.91 Å². The third-order valence-corrected chi connectivity index (χ3v) is 4.74. The summed E-state index contributed by atoms with van der Waals surface area (Å²) in [6.07, 6.45) is 0. The fourth-order valence-corrected chi connectivity index (χ4v) is 2.82. The smallest absolute Gasteiger partial charge is 0.226 e. The fourth-order valence-electron chi connectivity index (χ4n) is 2.82. The predicted molar refractivity (Wildman–Crippen MR) is 75.3 cm³/mol. The molecule has 0 aromatic heterocycles. The number of nitrogens with one attached hydrogen (secondary N) is 1. The van der Waals surface area contributed by atoms with E-state index in [0.717, 1.165) is 5.56 Å². The molecule has 1 aromatic rings. The van der Waals surface area contributed by atoms with Crippen molar-refractivity contribution in [2.45, 2.75) is 34.3 Å². The van der Waals surface area contributed by atoms with Crippen molar-refractivity contribution in [3.8, 4) is 0 Å². The van der Waals surface area contributed by atoms with Crippen LogP contribution < -0.4 is 5.32 Å². The molecule has 1 aliphatic rings. The zero-order valence-electron chi connectivity index (χ0n) is 12.2. The van der Waals surface area contributed by atoms with Crippen molar-refractivity contribution in [1.82, 2.24) is 5.32 Å². The van der Waals surface area contributed by atoms with Crippen molar-refractivity contribution in [2.75, 3.05) is 6.73 Å². The number of carbonyl (C=O) groups is 1. The van der Waals surface area contributed by atoms with Crippen molar-refractivity contribution < 1.29 is 9.53 Å². The predicted octanol–water partition coefficient (Wildman–Crippen LogP) is 2.96. The Morgan fingerprint density at radius 2 is 1.74 bits per heavy atom.